The number of halogens is 1. The number of fused-ring (bicyclic) bond motifs is 4. The molecule has 4 rings (SSSR count). The van der Waals surface area contributed by atoms with Crippen LogP contribution in [0.15, 0.2) is 45.9 Å². The first-order chi connectivity index (χ1) is 10.6. The SMILES string of the molecule is COc1ccc2c(c1)C1(COC(N)=N1)c1cc(Br)ccc1O2. The second kappa shape index (κ2) is 4.64. The molecule has 0 amide bonds. The maximum Gasteiger partial charge on any atom is 0.283 e. The lowest BCUT2D eigenvalue weighted by molar-refractivity contribution is 0.264. The molecule has 0 bridgehead atoms. The first-order valence-corrected chi connectivity index (χ1v) is 7.56. The van der Waals surface area contributed by atoms with E-state index in [1.165, 1.54) is 0 Å². The number of rotatable bonds is 1. The summed E-state index contributed by atoms with van der Waals surface area (Å²) in [5.41, 5.74) is 6.91. The zero-order valence-electron chi connectivity index (χ0n) is 11.8. The van der Waals surface area contributed by atoms with E-state index in [1.54, 1.807) is 7.11 Å². The highest BCUT2D eigenvalue weighted by molar-refractivity contribution is 9.10. The number of ether oxygens (including phenoxy) is 3. The van der Waals surface area contributed by atoms with E-state index >= 15 is 0 Å². The summed E-state index contributed by atoms with van der Waals surface area (Å²) in [4.78, 5) is 4.59. The fourth-order valence-corrected chi connectivity index (χ4v) is 3.29. The Labute approximate surface area is 135 Å². The number of aliphatic imine (C=N–C) groups is 1. The molecule has 1 atom stereocenters. The Hall–Kier alpha value is -2.21. The molecule has 0 aliphatic carbocycles. The van der Waals surface area contributed by atoms with Gasteiger partial charge in [0.1, 0.15) is 23.9 Å². The second-order valence-electron chi connectivity index (χ2n) is 5.20. The smallest absolute Gasteiger partial charge is 0.283 e. The van der Waals surface area contributed by atoms with E-state index in [9.17, 15) is 0 Å². The van der Waals surface area contributed by atoms with Crippen LogP contribution in [0.2, 0.25) is 0 Å². The highest BCUT2D eigenvalue weighted by Gasteiger charge is 2.47. The number of hydrogen-bond donors (Lipinski definition) is 1. The number of amidine groups is 1. The van der Waals surface area contributed by atoms with E-state index < -0.39 is 5.54 Å². The molecule has 1 spiro atoms. The van der Waals surface area contributed by atoms with Crippen molar-refractivity contribution in [2.75, 3.05) is 13.7 Å². The Bertz CT molecular complexity index is 806. The van der Waals surface area contributed by atoms with Gasteiger partial charge in [-0.1, -0.05) is 15.9 Å². The van der Waals surface area contributed by atoms with Crippen LogP contribution >= 0.6 is 15.9 Å². The number of methoxy groups -OCH3 is 1. The quantitative estimate of drug-likeness (QED) is 0.848. The topological polar surface area (TPSA) is 66.1 Å². The largest absolute Gasteiger partial charge is 0.497 e. The molecule has 22 heavy (non-hydrogen) atoms. The highest BCUT2D eigenvalue weighted by Crippen LogP contribution is 2.52. The van der Waals surface area contributed by atoms with Crippen molar-refractivity contribution in [2.24, 2.45) is 10.7 Å². The van der Waals surface area contributed by atoms with Crippen molar-refractivity contribution >= 4 is 22.0 Å². The second-order valence-corrected chi connectivity index (χ2v) is 6.12. The standard InChI is InChI=1S/C16H13BrN2O3/c1-20-10-3-5-14-12(7-10)16(8-21-15(18)19-16)11-6-9(17)2-4-13(11)22-14/h2-7H,8H2,1H3,(H2,18,19). The molecule has 0 fully saturated rings. The van der Waals surface area contributed by atoms with E-state index in [4.69, 9.17) is 19.9 Å². The molecule has 0 saturated carbocycles. The van der Waals surface area contributed by atoms with Gasteiger partial charge in [-0.2, -0.15) is 0 Å². The maximum absolute atomic E-state index is 6.01. The van der Waals surface area contributed by atoms with Gasteiger partial charge in [-0.25, -0.2) is 4.99 Å². The van der Waals surface area contributed by atoms with E-state index in [0.29, 0.717) is 6.61 Å². The summed E-state index contributed by atoms with van der Waals surface area (Å²) in [6.45, 7) is 0.339. The van der Waals surface area contributed by atoms with Crippen LogP contribution in [0.4, 0.5) is 0 Å². The number of benzene rings is 2. The monoisotopic (exact) mass is 360 g/mol. The van der Waals surface area contributed by atoms with Crippen molar-refractivity contribution in [1.82, 2.24) is 0 Å². The lowest BCUT2D eigenvalue weighted by Gasteiger charge is -2.33. The molecule has 2 aliphatic heterocycles. The van der Waals surface area contributed by atoms with Crippen molar-refractivity contribution in [3.63, 3.8) is 0 Å². The van der Waals surface area contributed by atoms with Gasteiger partial charge in [0.2, 0.25) is 0 Å². The molecule has 0 aromatic heterocycles. The van der Waals surface area contributed by atoms with Crippen LogP contribution in [0.3, 0.4) is 0 Å². The van der Waals surface area contributed by atoms with Gasteiger partial charge in [-0.3, -0.25) is 0 Å². The van der Waals surface area contributed by atoms with Gasteiger partial charge >= 0.3 is 0 Å². The molecular weight excluding hydrogens is 348 g/mol. The number of hydrogen-bond acceptors (Lipinski definition) is 5. The zero-order chi connectivity index (χ0) is 15.3. The minimum absolute atomic E-state index is 0.182. The third-order valence-corrected chi connectivity index (χ3v) is 4.46. The number of nitrogens with zero attached hydrogens (tertiary/aromatic N) is 1. The zero-order valence-corrected chi connectivity index (χ0v) is 13.4. The first-order valence-electron chi connectivity index (χ1n) is 6.77. The summed E-state index contributed by atoms with van der Waals surface area (Å²) in [6.07, 6.45) is 0. The highest BCUT2D eigenvalue weighted by atomic mass is 79.9. The molecule has 2 aromatic rings. The van der Waals surface area contributed by atoms with Gasteiger partial charge in [0.15, 0.2) is 5.54 Å². The van der Waals surface area contributed by atoms with Crippen molar-refractivity contribution in [3.8, 4) is 17.2 Å². The predicted molar refractivity (Wildman–Crippen MR) is 85.6 cm³/mol. The Morgan fingerprint density at radius 2 is 1.91 bits per heavy atom. The molecule has 2 N–H and O–H groups in total. The fraction of sp³-hybridized carbons (Fsp3) is 0.188. The lowest BCUT2D eigenvalue weighted by Crippen LogP contribution is -2.31. The predicted octanol–water partition coefficient (Wildman–Crippen LogP) is 3.15. The normalized spacial score (nSPS) is 21.5. The van der Waals surface area contributed by atoms with Crippen molar-refractivity contribution in [3.05, 3.63) is 52.0 Å². The molecule has 2 heterocycles. The Balaban J connectivity index is 2.02. The summed E-state index contributed by atoms with van der Waals surface area (Å²) in [5.74, 6) is 2.22. The van der Waals surface area contributed by atoms with Gasteiger partial charge in [-0.15, -0.1) is 0 Å². The first kappa shape index (κ1) is 13.5. The molecule has 5 nitrogen and oxygen atoms in total. The Morgan fingerprint density at radius 3 is 2.59 bits per heavy atom. The lowest BCUT2D eigenvalue weighted by atomic mass is 9.81. The van der Waals surface area contributed by atoms with Crippen LogP contribution in [0.1, 0.15) is 11.1 Å². The van der Waals surface area contributed by atoms with Gasteiger partial charge < -0.3 is 19.9 Å². The summed E-state index contributed by atoms with van der Waals surface area (Å²) >= 11 is 3.50. The van der Waals surface area contributed by atoms with Crippen molar-refractivity contribution in [2.45, 2.75) is 5.54 Å². The van der Waals surface area contributed by atoms with Crippen LogP contribution in [-0.4, -0.2) is 19.7 Å². The van der Waals surface area contributed by atoms with Crippen LogP contribution in [-0.2, 0) is 10.3 Å². The van der Waals surface area contributed by atoms with Gasteiger partial charge in [0, 0.05) is 15.6 Å². The molecular formula is C16H13BrN2O3. The molecule has 2 aromatic carbocycles. The van der Waals surface area contributed by atoms with Crippen molar-refractivity contribution in [1.29, 1.82) is 0 Å². The molecule has 2 aliphatic rings. The fourth-order valence-electron chi connectivity index (χ4n) is 2.93. The third kappa shape index (κ3) is 1.80. The van der Waals surface area contributed by atoms with E-state index in [-0.39, 0.29) is 6.02 Å². The molecule has 0 saturated heterocycles. The van der Waals surface area contributed by atoms with E-state index in [1.807, 2.05) is 36.4 Å². The third-order valence-electron chi connectivity index (χ3n) is 3.97. The van der Waals surface area contributed by atoms with Crippen molar-refractivity contribution < 1.29 is 14.2 Å². The van der Waals surface area contributed by atoms with Gasteiger partial charge in [0.05, 0.1) is 7.11 Å². The summed E-state index contributed by atoms with van der Waals surface area (Å²) in [6, 6.07) is 11.7. The molecule has 112 valence electrons. The average Bonchev–Trinajstić information content (AvgIpc) is 2.91. The van der Waals surface area contributed by atoms with Crippen LogP contribution in [0.5, 0.6) is 17.2 Å². The minimum Gasteiger partial charge on any atom is -0.497 e. The molecule has 1 unspecified atom stereocenters. The summed E-state index contributed by atoms with van der Waals surface area (Å²) in [7, 11) is 1.63. The summed E-state index contributed by atoms with van der Waals surface area (Å²) < 4.78 is 17.8. The number of nitrogens with two attached hydrogens (primary N) is 1. The Kier molecular flexibility index (Phi) is 2.84. The average molecular weight is 361 g/mol. The maximum atomic E-state index is 6.01. The van der Waals surface area contributed by atoms with Crippen LogP contribution in [0, 0.1) is 0 Å². The van der Waals surface area contributed by atoms with Crippen LogP contribution < -0.4 is 15.2 Å². The Morgan fingerprint density at radius 1 is 1.18 bits per heavy atom. The molecule has 6 heteroatoms. The van der Waals surface area contributed by atoms with Gasteiger partial charge in [-0.05, 0) is 36.4 Å². The van der Waals surface area contributed by atoms with E-state index in [2.05, 4.69) is 20.9 Å². The van der Waals surface area contributed by atoms with Gasteiger partial charge in [0.25, 0.3) is 6.02 Å². The van der Waals surface area contributed by atoms with E-state index in [0.717, 1.165) is 32.8 Å². The molecule has 0 radical (unpaired) electrons. The minimum atomic E-state index is -0.703. The van der Waals surface area contributed by atoms with Crippen LogP contribution in [0.25, 0.3) is 0 Å². The summed E-state index contributed by atoms with van der Waals surface area (Å²) in [5, 5.41) is 0.